The van der Waals surface area contributed by atoms with Gasteiger partial charge in [0.05, 0.1) is 22.6 Å². The summed E-state index contributed by atoms with van der Waals surface area (Å²) in [7, 11) is 0. The average molecular weight is 537 g/mol. The van der Waals surface area contributed by atoms with E-state index in [1.165, 1.54) is 17.4 Å². The van der Waals surface area contributed by atoms with Gasteiger partial charge in [-0.3, -0.25) is 14.4 Å². The molecule has 3 N–H and O–H groups in total. The monoisotopic (exact) mass is 536 g/mol. The molecule has 0 aliphatic heterocycles. The van der Waals surface area contributed by atoms with Crippen LogP contribution in [0.1, 0.15) is 45.7 Å². The van der Waals surface area contributed by atoms with Crippen LogP contribution in [0.3, 0.4) is 0 Å². The van der Waals surface area contributed by atoms with Crippen molar-refractivity contribution in [3.8, 4) is 5.75 Å². The van der Waals surface area contributed by atoms with E-state index in [0.29, 0.717) is 35.6 Å². The minimum atomic E-state index is -1.34. The lowest BCUT2D eigenvalue weighted by Crippen LogP contribution is -2.35. The maximum atomic E-state index is 14.6. The molecule has 0 atom stereocenters. The molecule has 36 heavy (non-hydrogen) atoms. The topological polar surface area (TPSA) is 105 Å². The number of benzene rings is 2. The molecule has 1 heterocycles. The van der Waals surface area contributed by atoms with Gasteiger partial charge in [0.1, 0.15) is 4.88 Å². The summed E-state index contributed by atoms with van der Waals surface area (Å²) in [5, 5.41) is 15.3. The highest BCUT2D eigenvalue weighted by molar-refractivity contribution is 7.21. The van der Waals surface area contributed by atoms with Gasteiger partial charge in [0.25, 0.3) is 11.8 Å². The molecule has 1 aliphatic rings. The van der Waals surface area contributed by atoms with E-state index in [9.17, 15) is 23.2 Å². The van der Waals surface area contributed by atoms with E-state index in [4.69, 9.17) is 21.4 Å². The van der Waals surface area contributed by atoms with Crippen LogP contribution in [-0.2, 0) is 4.79 Å². The third kappa shape index (κ3) is 5.60. The number of thiophene rings is 1. The van der Waals surface area contributed by atoms with E-state index in [1.54, 1.807) is 0 Å². The van der Waals surface area contributed by atoms with Crippen molar-refractivity contribution in [2.75, 3.05) is 13.1 Å². The molecule has 1 fully saturated rings. The van der Waals surface area contributed by atoms with E-state index < -0.39 is 47.0 Å². The van der Waals surface area contributed by atoms with Crippen LogP contribution in [0.2, 0.25) is 5.02 Å². The van der Waals surface area contributed by atoms with E-state index in [-0.39, 0.29) is 18.8 Å². The summed E-state index contributed by atoms with van der Waals surface area (Å²) >= 11 is 7.54. The lowest BCUT2D eigenvalue weighted by Gasteiger charge is -2.27. The molecule has 0 bridgehead atoms. The summed E-state index contributed by atoms with van der Waals surface area (Å²) in [4.78, 5) is 36.2. The number of aliphatic carboxylic acids is 1. The number of carboxylic acid groups (broad SMARTS) is 1. The molecule has 11 heteroatoms. The first-order valence-electron chi connectivity index (χ1n) is 11.4. The smallest absolute Gasteiger partial charge is 0.306 e. The van der Waals surface area contributed by atoms with Gasteiger partial charge < -0.3 is 20.5 Å². The maximum Gasteiger partial charge on any atom is 0.306 e. The number of nitrogens with one attached hydrogen (secondary N) is 2. The Morgan fingerprint density at radius 2 is 1.64 bits per heavy atom. The minimum absolute atomic E-state index is 0.0147. The van der Waals surface area contributed by atoms with Crippen molar-refractivity contribution in [2.45, 2.75) is 31.8 Å². The standard InChI is InChI=1S/C25H23ClF2N2O5S/c26-19-15-3-1-2-4-18(15)36-22(19)24(32)30-12-11-29-23(31)16-9-10-17(21(28)20(16)27)35-14-7-5-13(6-8-14)25(33)34/h1-4,9-10,13-14H,5-8,11-12H2,(H,29,31)(H,30,32)(H,33,34)/t13-,14+. The second-order valence-electron chi connectivity index (χ2n) is 8.42. The van der Waals surface area contributed by atoms with E-state index >= 15 is 0 Å². The van der Waals surface area contributed by atoms with Crippen LogP contribution >= 0.6 is 22.9 Å². The second kappa shape index (κ2) is 11.2. The third-order valence-electron chi connectivity index (χ3n) is 6.05. The SMILES string of the molecule is O=C(NCCNC(=O)c1sc2ccccc2c1Cl)c1ccc(O[C@H]2CC[C@@H](C(=O)O)CC2)c(F)c1F. The molecule has 0 radical (unpaired) electrons. The maximum absolute atomic E-state index is 14.6. The number of amides is 2. The largest absolute Gasteiger partial charge is 0.487 e. The Morgan fingerprint density at radius 1 is 0.972 bits per heavy atom. The molecule has 4 rings (SSSR count). The van der Waals surface area contributed by atoms with Crippen molar-refractivity contribution in [1.29, 1.82) is 0 Å². The number of rotatable bonds is 8. The van der Waals surface area contributed by atoms with Crippen molar-refractivity contribution in [1.82, 2.24) is 10.6 Å². The van der Waals surface area contributed by atoms with Crippen LogP contribution < -0.4 is 15.4 Å². The van der Waals surface area contributed by atoms with Gasteiger partial charge in [0.2, 0.25) is 5.82 Å². The Kier molecular flexibility index (Phi) is 8.05. The predicted octanol–water partition coefficient (Wildman–Crippen LogP) is 5.01. The average Bonchev–Trinajstić information content (AvgIpc) is 3.21. The van der Waals surface area contributed by atoms with Crippen molar-refractivity contribution >= 4 is 50.8 Å². The number of halogens is 3. The minimum Gasteiger partial charge on any atom is -0.487 e. The summed E-state index contributed by atoms with van der Waals surface area (Å²) in [5.74, 6) is -5.51. The molecule has 1 aromatic heterocycles. The summed E-state index contributed by atoms with van der Waals surface area (Å²) in [6, 6.07) is 9.66. The Labute approximate surface area is 214 Å². The lowest BCUT2D eigenvalue weighted by atomic mass is 9.87. The summed E-state index contributed by atoms with van der Waals surface area (Å²) in [6.07, 6.45) is 1.20. The normalized spacial score (nSPS) is 17.5. The Bertz CT molecular complexity index is 1310. The van der Waals surface area contributed by atoms with Gasteiger partial charge in [-0.2, -0.15) is 4.39 Å². The Morgan fingerprint density at radius 3 is 2.31 bits per heavy atom. The van der Waals surface area contributed by atoms with E-state index in [2.05, 4.69) is 10.6 Å². The first-order chi connectivity index (χ1) is 17.3. The molecule has 0 spiro atoms. The number of carbonyl (C=O) groups is 3. The third-order valence-corrected chi connectivity index (χ3v) is 7.72. The summed E-state index contributed by atoms with van der Waals surface area (Å²) in [5.41, 5.74) is -0.492. The molecule has 7 nitrogen and oxygen atoms in total. The quantitative estimate of drug-likeness (QED) is 0.351. The van der Waals surface area contributed by atoms with Crippen molar-refractivity contribution in [3.63, 3.8) is 0 Å². The van der Waals surface area contributed by atoms with Crippen LogP contribution in [0.25, 0.3) is 10.1 Å². The number of carbonyl (C=O) groups excluding carboxylic acids is 2. The zero-order chi connectivity index (χ0) is 25.8. The molecule has 1 saturated carbocycles. The van der Waals surface area contributed by atoms with Gasteiger partial charge in [0, 0.05) is 23.2 Å². The molecule has 190 valence electrons. The van der Waals surface area contributed by atoms with Gasteiger partial charge in [0.15, 0.2) is 11.6 Å². The van der Waals surface area contributed by atoms with E-state index in [1.807, 2.05) is 24.3 Å². The number of carboxylic acids is 1. The summed E-state index contributed by atoms with van der Waals surface area (Å²) in [6.45, 7) is 0.0404. The van der Waals surface area contributed by atoms with Crippen LogP contribution in [-0.4, -0.2) is 42.1 Å². The highest BCUT2D eigenvalue weighted by atomic mass is 35.5. The first kappa shape index (κ1) is 25.8. The van der Waals surface area contributed by atoms with Crippen molar-refractivity contribution in [3.05, 3.63) is 63.5 Å². The van der Waals surface area contributed by atoms with Crippen molar-refractivity contribution in [2.24, 2.45) is 5.92 Å². The molecular formula is C25H23ClF2N2O5S. The molecule has 0 unspecified atom stereocenters. The number of ether oxygens (including phenoxy) is 1. The van der Waals surface area contributed by atoms with Gasteiger partial charge in [-0.25, -0.2) is 4.39 Å². The fraction of sp³-hybridized carbons (Fsp3) is 0.320. The second-order valence-corrected chi connectivity index (χ2v) is 9.85. The van der Waals surface area contributed by atoms with Crippen LogP contribution in [0.4, 0.5) is 8.78 Å². The highest BCUT2D eigenvalue weighted by Gasteiger charge is 2.28. The van der Waals surface area contributed by atoms with Gasteiger partial charge >= 0.3 is 5.97 Å². The molecule has 3 aromatic rings. The number of fused-ring (bicyclic) bond motifs is 1. The van der Waals surface area contributed by atoms with Gasteiger partial charge in [-0.15, -0.1) is 11.3 Å². The Hall–Kier alpha value is -3.24. The lowest BCUT2D eigenvalue weighted by molar-refractivity contribution is -0.143. The summed E-state index contributed by atoms with van der Waals surface area (Å²) < 4.78 is 35.5. The first-order valence-corrected chi connectivity index (χ1v) is 12.6. The molecular weight excluding hydrogens is 514 g/mol. The molecule has 1 aliphatic carbocycles. The Balaban J connectivity index is 1.28. The van der Waals surface area contributed by atoms with E-state index in [0.717, 1.165) is 16.2 Å². The zero-order valence-corrected chi connectivity index (χ0v) is 20.6. The fourth-order valence-corrected chi connectivity index (χ4v) is 5.53. The van der Waals surface area contributed by atoms with Crippen LogP contribution in [0.5, 0.6) is 5.75 Å². The van der Waals surface area contributed by atoms with Gasteiger partial charge in [-0.1, -0.05) is 29.8 Å². The molecule has 2 amide bonds. The highest BCUT2D eigenvalue weighted by Crippen LogP contribution is 2.35. The van der Waals surface area contributed by atoms with Crippen LogP contribution in [0, 0.1) is 17.6 Å². The molecule has 0 saturated heterocycles. The fourth-order valence-electron chi connectivity index (χ4n) is 4.09. The number of hydrogen-bond donors (Lipinski definition) is 3. The molecule has 2 aromatic carbocycles. The predicted molar refractivity (Wildman–Crippen MR) is 132 cm³/mol. The number of hydrogen-bond acceptors (Lipinski definition) is 5. The van der Waals surface area contributed by atoms with Gasteiger partial charge in [-0.05, 0) is 43.9 Å². The van der Waals surface area contributed by atoms with Crippen molar-refractivity contribution < 1.29 is 33.0 Å². The zero-order valence-electron chi connectivity index (χ0n) is 19.0. The van der Waals surface area contributed by atoms with Crippen LogP contribution in [0.15, 0.2) is 36.4 Å².